The van der Waals surface area contributed by atoms with Crippen LogP contribution in [0.25, 0.3) is 10.9 Å². The molecule has 0 amide bonds. The summed E-state index contributed by atoms with van der Waals surface area (Å²) in [6.07, 6.45) is 1.22. The zero-order valence-corrected chi connectivity index (χ0v) is 19.9. The van der Waals surface area contributed by atoms with E-state index in [0.717, 1.165) is 35.2 Å². The fourth-order valence-electron chi connectivity index (χ4n) is 4.08. The third-order valence-corrected chi connectivity index (χ3v) is 5.28. The minimum atomic E-state index is -0.592. The van der Waals surface area contributed by atoms with Gasteiger partial charge in [0, 0.05) is 5.39 Å². The molecule has 6 nitrogen and oxygen atoms in total. The smallest absolute Gasteiger partial charge is 0.435 e. The van der Waals surface area contributed by atoms with Crippen molar-refractivity contribution in [3.05, 3.63) is 58.3 Å². The van der Waals surface area contributed by atoms with Gasteiger partial charge < -0.3 is 9.47 Å². The van der Waals surface area contributed by atoms with E-state index in [4.69, 9.17) is 9.47 Å². The lowest BCUT2D eigenvalue weighted by Crippen LogP contribution is -2.27. The van der Waals surface area contributed by atoms with E-state index in [9.17, 15) is 10.1 Å². The monoisotopic (exact) mass is 433 g/mol. The number of carbonyl (C=O) groups excluding carboxylic acids is 1. The van der Waals surface area contributed by atoms with Crippen molar-refractivity contribution in [2.24, 2.45) is 0 Å². The van der Waals surface area contributed by atoms with Crippen molar-refractivity contribution < 1.29 is 14.3 Å². The van der Waals surface area contributed by atoms with Crippen LogP contribution in [0.4, 0.5) is 4.79 Å². The molecule has 1 unspecified atom stereocenters. The normalized spacial score (nSPS) is 14.9. The molecule has 32 heavy (non-hydrogen) atoms. The van der Waals surface area contributed by atoms with Crippen molar-refractivity contribution in [3.8, 4) is 11.8 Å². The third kappa shape index (κ3) is 4.62. The summed E-state index contributed by atoms with van der Waals surface area (Å²) >= 11 is 0. The summed E-state index contributed by atoms with van der Waals surface area (Å²) in [5, 5.41) is 14.4. The Hall–Kier alpha value is -3.33. The Labute approximate surface area is 189 Å². The first kappa shape index (κ1) is 23.3. The van der Waals surface area contributed by atoms with E-state index in [-0.39, 0.29) is 6.10 Å². The molecule has 1 aliphatic carbocycles. The fraction of sp³-hybridized carbons (Fsp3) is 0.423. The molecule has 0 N–H and O–H groups in total. The molecular formula is C26H31N3O3. The second kappa shape index (κ2) is 9.04. The van der Waals surface area contributed by atoms with Gasteiger partial charge in [-0.15, -0.1) is 0 Å². The first-order valence-corrected chi connectivity index (χ1v) is 11.1. The Morgan fingerprint density at radius 2 is 1.91 bits per heavy atom. The number of aromatic nitrogens is 2. The number of aryl methyl sites for hydroxylation is 3. The zero-order chi connectivity index (χ0) is 23.6. The second-order valence-electron chi connectivity index (χ2n) is 8.78. The predicted molar refractivity (Wildman–Crippen MR) is 125 cm³/mol. The van der Waals surface area contributed by atoms with Crippen LogP contribution in [0.5, 0.6) is 5.75 Å². The van der Waals surface area contributed by atoms with E-state index in [0.29, 0.717) is 11.1 Å². The summed E-state index contributed by atoms with van der Waals surface area (Å²) in [6.45, 7) is 13.4. The first-order valence-electron chi connectivity index (χ1n) is 11.1. The lowest BCUT2D eigenvalue weighted by molar-refractivity contribution is 0.0522. The van der Waals surface area contributed by atoms with Crippen LogP contribution in [-0.4, -0.2) is 21.5 Å². The Morgan fingerprint density at radius 3 is 2.56 bits per heavy atom. The van der Waals surface area contributed by atoms with Crippen molar-refractivity contribution in [3.63, 3.8) is 0 Å². The first-order chi connectivity index (χ1) is 15.2. The van der Waals surface area contributed by atoms with Crippen molar-refractivity contribution >= 4 is 17.0 Å². The molecular weight excluding hydrogens is 402 g/mol. The molecule has 1 atom stereocenters. The maximum Gasteiger partial charge on any atom is 0.435 e. The highest BCUT2D eigenvalue weighted by molar-refractivity contribution is 5.90. The SMILES string of the molecule is CC.Cc1cc(C#N)cc2c1C(Oc1ccc3c(c1)c(C)nn3C(=O)OC(C)(C)C)CC2. The van der Waals surface area contributed by atoms with Crippen LogP contribution < -0.4 is 4.74 Å². The number of fused-ring (bicyclic) bond motifs is 2. The van der Waals surface area contributed by atoms with Gasteiger partial charge in [-0.3, -0.25) is 0 Å². The molecule has 3 aromatic rings. The van der Waals surface area contributed by atoms with Gasteiger partial charge in [0.15, 0.2) is 0 Å². The number of benzene rings is 2. The average Bonchev–Trinajstić information content (AvgIpc) is 3.29. The standard InChI is InChI=1S/C24H25N3O3.C2H6/c1-14-10-16(13-25)11-17-6-9-21(22(14)17)29-18-7-8-20-19(12-18)15(2)26-27(20)23(28)30-24(3,4)5;1-2/h7-8,10-12,21H,6,9H2,1-5H3;1-2H3. The number of carbonyl (C=O) groups is 1. The van der Waals surface area contributed by atoms with Gasteiger partial charge in [0.2, 0.25) is 0 Å². The summed E-state index contributed by atoms with van der Waals surface area (Å²) in [7, 11) is 0. The Kier molecular flexibility index (Phi) is 6.59. The lowest BCUT2D eigenvalue weighted by atomic mass is 10.00. The molecule has 1 aliphatic rings. The van der Waals surface area contributed by atoms with Crippen molar-refractivity contribution in [1.29, 1.82) is 5.26 Å². The summed E-state index contributed by atoms with van der Waals surface area (Å²) in [5.74, 6) is 0.732. The van der Waals surface area contributed by atoms with E-state index >= 15 is 0 Å². The van der Waals surface area contributed by atoms with Gasteiger partial charge in [0.05, 0.1) is 22.8 Å². The number of ether oxygens (including phenoxy) is 2. The molecule has 0 radical (unpaired) electrons. The molecule has 4 rings (SSSR count). The number of hydrogen-bond donors (Lipinski definition) is 0. The topological polar surface area (TPSA) is 77.1 Å². The van der Waals surface area contributed by atoms with Gasteiger partial charge in [0.1, 0.15) is 17.5 Å². The second-order valence-corrected chi connectivity index (χ2v) is 8.78. The van der Waals surface area contributed by atoms with E-state index in [1.54, 1.807) is 0 Å². The van der Waals surface area contributed by atoms with Gasteiger partial charge in [-0.2, -0.15) is 15.0 Å². The molecule has 0 saturated carbocycles. The highest BCUT2D eigenvalue weighted by atomic mass is 16.6. The van der Waals surface area contributed by atoms with Gasteiger partial charge in [-0.1, -0.05) is 13.8 Å². The van der Waals surface area contributed by atoms with Crippen LogP contribution in [0.2, 0.25) is 0 Å². The third-order valence-electron chi connectivity index (χ3n) is 5.28. The highest BCUT2D eigenvalue weighted by Crippen LogP contribution is 2.38. The Morgan fingerprint density at radius 1 is 1.19 bits per heavy atom. The maximum absolute atomic E-state index is 12.5. The highest BCUT2D eigenvalue weighted by Gasteiger charge is 2.27. The largest absolute Gasteiger partial charge is 0.486 e. The zero-order valence-electron chi connectivity index (χ0n) is 19.9. The lowest BCUT2D eigenvalue weighted by Gasteiger charge is -2.19. The van der Waals surface area contributed by atoms with Gasteiger partial charge in [0.25, 0.3) is 0 Å². The van der Waals surface area contributed by atoms with Crippen LogP contribution in [0.15, 0.2) is 30.3 Å². The molecule has 6 heteroatoms. The van der Waals surface area contributed by atoms with Crippen LogP contribution in [0.1, 0.15) is 75.1 Å². The molecule has 0 spiro atoms. The van der Waals surface area contributed by atoms with E-state index in [1.165, 1.54) is 15.8 Å². The quantitative estimate of drug-likeness (QED) is 0.467. The van der Waals surface area contributed by atoms with Crippen LogP contribution >= 0.6 is 0 Å². The number of rotatable bonds is 2. The number of nitriles is 1. The molecule has 168 valence electrons. The van der Waals surface area contributed by atoms with Crippen molar-refractivity contribution in [2.75, 3.05) is 0 Å². The summed E-state index contributed by atoms with van der Waals surface area (Å²) in [5.41, 5.74) is 4.98. The van der Waals surface area contributed by atoms with Crippen LogP contribution in [-0.2, 0) is 11.2 Å². The average molecular weight is 434 g/mol. The van der Waals surface area contributed by atoms with E-state index < -0.39 is 11.7 Å². The maximum atomic E-state index is 12.5. The Bertz CT molecular complexity index is 1200. The molecule has 0 aliphatic heterocycles. The minimum absolute atomic E-state index is 0.0496. The van der Waals surface area contributed by atoms with Crippen LogP contribution in [0.3, 0.4) is 0 Å². The Balaban J connectivity index is 0.00000141. The number of nitrogens with zero attached hydrogens (tertiary/aromatic N) is 3. The molecule has 0 bridgehead atoms. The summed E-state index contributed by atoms with van der Waals surface area (Å²) in [6, 6.07) is 11.7. The molecule has 2 aromatic carbocycles. The summed E-state index contributed by atoms with van der Waals surface area (Å²) < 4.78 is 13.1. The summed E-state index contributed by atoms with van der Waals surface area (Å²) in [4.78, 5) is 12.5. The number of hydrogen-bond acceptors (Lipinski definition) is 5. The van der Waals surface area contributed by atoms with Gasteiger partial charge in [-0.05, 0) is 94.5 Å². The van der Waals surface area contributed by atoms with Crippen molar-refractivity contribution in [2.45, 2.75) is 73.0 Å². The predicted octanol–water partition coefficient (Wildman–Crippen LogP) is 6.40. The molecule has 0 saturated heterocycles. The fourth-order valence-corrected chi connectivity index (χ4v) is 4.08. The van der Waals surface area contributed by atoms with Crippen molar-refractivity contribution in [1.82, 2.24) is 9.78 Å². The molecule has 0 fully saturated rings. The van der Waals surface area contributed by atoms with E-state index in [2.05, 4.69) is 11.2 Å². The van der Waals surface area contributed by atoms with Gasteiger partial charge in [-0.25, -0.2) is 4.79 Å². The minimum Gasteiger partial charge on any atom is -0.486 e. The van der Waals surface area contributed by atoms with Crippen LogP contribution in [0, 0.1) is 25.2 Å². The molecule has 1 heterocycles. The molecule has 1 aromatic heterocycles. The van der Waals surface area contributed by atoms with E-state index in [1.807, 2.05) is 78.8 Å². The van der Waals surface area contributed by atoms with Gasteiger partial charge >= 0.3 is 6.09 Å².